The molecule has 1 amide bonds. The largest absolute Gasteiger partial charge is 0.494 e. The Kier molecular flexibility index (Phi) is 4.37. The van der Waals surface area contributed by atoms with Crippen LogP contribution in [0.15, 0.2) is 18.2 Å². The summed E-state index contributed by atoms with van der Waals surface area (Å²) in [4.78, 5) is 12.1. The zero-order valence-electron chi connectivity index (χ0n) is 11.2. The highest BCUT2D eigenvalue weighted by atomic mass is 19.1. The van der Waals surface area contributed by atoms with Crippen molar-refractivity contribution < 1.29 is 13.9 Å². The Morgan fingerprint density at radius 1 is 1.58 bits per heavy atom. The minimum atomic E-state index is -0.522. The van der Waals surface area contributed by atoms with E-state index in [0.29, 0.717) is 11.6 Å². The second kappa shape index (κ2) is 6.02. The number of halogens is 1. The highest BCUT2D eigenvalue weighted by molar-refractivity contribution is 5.94. The molecule has 19 heavy (non-hydrogen) atoms. The molecule has 2 atom stereocenters. The molecular formula is C14H19FN2O2. The quantitative estimate of drug-likeness (QED) is 0.872. The number of nitrogens with one attached hydrogen (secondary N) is 2. The molecule has 4 nitrogen and oxygen atoms in total. The lowest BCUT2D eigenvalue weighted by atomic mass is 10.1. The van der Waals surface area contributed by atoms with Gasteiger partial charge in [0.1, 0.15) is 0 Å². The molecule has 0 aromatic heterocycles. The Bertz CT molecular complexity index is 465. The second-order valence-corrected chi connectivity index (χ2v) is 4.69. The van der Waals surface area contributed by atoms with Crippen LogP contribution >= 0.6 is 0 Å². The van der Waals surface area contributed by atoms with Gasteiger partial charge in [-0.15, -0.1) is 0 Å². The third-order valence-electron chi connectivity index (χ3n) is 3.52. The summed E-state index contributed by atoms with van der Waals surface area (Å²) in [6.07, 6.45) is 1.87. The minimum absolute atomic E-state index is 0.114. The number of amides is 1. The number of carbonyl (C=O) groups is 1. The third-order valence-corrected chi connectivity index (χ3v) is 3.52. The lowest BCUT2D eigenvalue weighted by molar-refractivity contribution is 0.0933. The van der Waals surface area contributed by atoms with Gasteiger partial charge in [0.2, 0.25) is 0 Å². The molecule has 0 bridgehead atoms. The van der Waals surface area contributed by atoms with Gasteiger partial charge in [-0.05, 0) is 37.6 Å². The summed E-state index contributed by atoms with van der Waals surface area (Å²) < 4.78 is 18.4. The van der Waals surface area contributed by atoms with Crippen LogP contribution in [0.25, 0.3) is 0 Å². The maximum atomic E-state index is 13.5. The van der Waals surface area contributed by atoms with Crippen molar-refractivity contribution in [2.75, 3.05) is 13.7 Å². The maximum Gasteiger partial charge on any atom is 0.251 e. The van der Waals surface area contributed by atoms with E-state index in [-0.39, 0.29) is 17.7 Å². The monoisotopic (exact) mass is 266 g/mol. The minimum Gasteiger partial charge on any atom is -0.494 e. The number of hydrogen-bond acceptors (Lipinski definition) is 3. The zero-order valence-corrected chi connectivity index (χ0v) is 11.2. The fourth-order valence-corrected chi connectivity index (χ4v) is 2.43. The number of carbonyl (C=O) groups excluding carboxylic acids is 1. The molecule has 0 aliphatic carbocycles. The first-order valence-corrected chi connectivity index (χ1v) is 6.53. The Hall–Kier alpha value is -1.62. The van der Waals surface area contributed by atoms with Gasteiger partial charge < -0.3 is 15.4 Å². The molecule has 2 N–H and O–H groups in total. The van der Waals surface area contributed by atoms with Crippen LogP contribution in [0.3, 0.4) is 0 Å². The summed E-state index contributed by atoms with van der Waals surface area (Å²) >= 11 is 0. The molecule has 5 heteroatoms. The highest BCUT2D eigenvalue weighted by Crippen LogP contribution is 2.18. The van der Waals surface area contributed by atoms with Crippen LogP contribution in [-0.4, -0.2) is 31.6 Å². The van der Waals surface area contributed by atoms with Gasteiger partial charge in [-0.3, -0.25) is 4.79 Å². The number of hydrogen-bond donors (Lipinski definition) is 2. The van der Waals surface area contributed by atoms with Crippen molar-refractivity contribution in [3.63, 3.8) is 0 Å². The Balaban J connectivity index is 2.05. The molecule has 1 aromatic carbocycles. The van der Waals surface area contributed by atoms with E-state index in [4.69, 9.17) is 4.74 Å². The molecule has 1 fully saturated rings. The predicted octanol–water partition coefficient (Wildman–Crippen LogP) is 1.70. The van der Waals surface area contributed by atoms with Crippen LogP contribution in [-0.2, 0) is 0 Å². The van der Waals surface area contributed by atoms with Crippen LogP contribution in [0.2, 0.25) is 0 Å². The Morgan fingerprint density at radius 3 is 3.00 bits per heavy atom. The van der Waals surface area contributed by atoms with E-state index in [9.17, 15) is 9.18 Å². The average Bonchev–Trinajstić information content (AvgIpc) is 2.85. The summed E-state index contributed by atoms with van der Waals surface area (Å²) in [7, 11) is 1.40. The van der Waals surface area contributed by atoms with Gasteiger partial charge in [0.05, 0.1) is 7.11 Å². The standard InChI is InChI=1S/C14H19FN2O2/c1-3-11-12(6-7-16-11)17-14(18)9-4-5-13(19-2)10(15)8-9/h4-5,8,11-12,16H,3,6-7H2,1-2H3,(H,17,18)/t11-,12+/m0/s1. The number of methoxy groups -OCH3 is 1. The Labute approximate surface area is 112 Å². The summed E-state index contributed by atoms with van der Waals surface area (Å²) in [5.41, 5.74) is 0.319. The van der Waals surface area contributed by atoms with Crippen molar-refractivity contribution in [3.05, 3.63) is 29.6 Å². The fraction of sp³-hybridized carbons (Fsp3) is 0.500. The van der Waals surface area contributed by atoms with Gasteiger partial charge in [0.25, 0.3) is 5.91 Å². The summed E-state index contributed by atoms with van der Waals surface area (Å²) in [6.45, 7) is 2.98. The molecule has 1 saturated heterocycles. The topological polar surface area (TPSA) is 50.4 Å². The summed E-state index contributed by atoms with van der Waals surface area (Å²) in [5.74, 6) is -0.619. The van der Waals surface area contributed by atoms with Gasteiger partial charge in [-0.2, -0.15) is 0 Å². The molecule has 1 aliphatic rings. The first-order valence-electron chi connectivity index (χ1n) is 6.53. The lowest BCUT2D eigenvalue weighted by Gasteiger charge is -2.19. The van der Waals surface area contributed by atoms with E-state index in [1.807, 2.05) is 0 Å². The molecular weight excluding hydrogens is 247 g/mol. The number of benzene rings is 1. The van der Waals surface area contributed by atoms with Crippen molar-refractivity contribution in [2.45, 2.75) is 31.8 Å². The van der Waals surface area contributed by atoms with E-state index >= 15 is 0 Å². The van der Waals surface area contributed by atoms with Crippen molar-refractivity contribution in [1.82, 2.24) is 10.6 Å². The summed E-state index contributed by atoms with van der Waals surface area (Å²) in [5, 5.41) is 6.29. The fourth-order valence-electron chi connectivity index (χ4n) is 2.43. The molecule has 2 rings (SSSR count). The number of rotatable bonds is 4. The summed E-state index contributed by atoms with van der Waals surface area (Å²) in [6, 6.07) is 4.65. The normalized spacial score (nSPS) is 22.3. The maximum absolute atomic E-state index is 13.5. The molecule has 0 unspecified atom stereocenters. The zero-order chi connectivity index (χ0) is 13.8. The van der Waals surface area contributed by atoms with Crippen LogP contribution in [0, 0.1) is 5.82 Å². The van der Waals surface area contributed by atoms with Crippen molar-refractivity contribution in [2.24, 2.45) is 0 Å². The van der Waals surface area contributed by atoms with E-state index in [2.05, 4.69) is 17.6 Å². The molecule has 1 heterocycles. The second-order valence-electron chi connectivity index (χ2n) is 4.69. The Morgan fingerprint density at radius 2 is 2.37 bits per heavy atom. The lowest BCUT2D eigenvalue weighted by Crippen LogP contribution is -2.43. The van der Waals surface area contributed by atoms with Crippen LogP contribution < -0.4 is 15.4 Å². The molecule has 104 valence electrons. The van der Waals surface area contributed by atoms with Gasteiger partial charge in [-0.1, -0.05) is 6.92 Å². The highest BCUT2D eigenvalue weighted by Gasteiger charge is 2.26. The first-order chi connectivity index (χ1) is 9.15. The van der Waals surface area contributed by atoms with E-state index in [1.165, 1.54) is 19.2 Å². The smallest absolute Gasteiger partial charge is 0.251 e. The molecule has 0 radical (unpaired) electrons. The van der Waals surface area contributed by atoms with Crippen LogP contribution in [0.4, 0.5) is 4.39 Å². The predicted molar refractivity (Wildman–Crippen MR) is 70.9 cm³/mol. The average molecular weight is 266 g/mol. The first kappa shape index (κ1) is 13.8. The van der Waals surface area contributed by atoms with Crippen molar-refractivity contribution in [1.29, 1.82) is 0 Å². The van der Waals surface area contributed by atoms with Gasteiger partial charge in [0, 0.05) is 17.6 Å². The van der Waals surface area contributed by atoms with Gasteiger partial charge >= 0.3 is 0 Å². The molecule has 1 aromatic rings. The molecule has 0 saturated carbocycles. The van der Waals surface area contributed by atoms with Crippen LogP contribution in [0.5, 0.6) is 5.75 Å². The van der Waals surface area contributed by atoms with E-state index in [1.54, 1.807) is 6.07 Å². The van der Waals surface area contributed by atoms with Gasteiger partial charge in [0.15, 0.2) is 11.6 Å². The van der Waals surface area contributed by atoms with Crippen molar-refractivity contribution >= 4 is 5.91 Å². The van der Waals surface area contributed by atoms with E-state index in [0.717, 1.165) is 19.4 Å². The molecule has 0 spiro atoms. The van der Waals surface area contributed by atoms with Gasteiger partial charge in [-0.25, -0.2) is 4.39 Å². The van der Waals surface area contributed by atoms with Crippen LogP contribution in [0.1, 0.15) is 30.1 Å². The number of ether oxygens (including phenoxy) is 1. The van der Waals surface area contributed by atoms with E-state index < -0.39 is 5.82 Å². The molecule has 1 aliphatic heterocycles. The third kappa shape index (κ3) is 3.04. The van der Waals surface area contributed by atoms with Crippen molar-refractivity contribution in [3.8, 4) is 5.75 Å². The SMILES string of the molecule is CC[C@@H]1NCC[C@H]1NC(=O)c1ccc(OC)c(F)c1.